The molecule has 2 aromatic rings. The molecule has 5 rings (SSSR count). The zero-order chi connectivity index (χ0) is 28.4. The average molecular weight is 560 g/mol. The number of ketones is 2. The summed E-state index contributed by atoms with van der Waals surface area (Å²) in [6.45, 7) is 8.31. The Bertz CT molecular complexity index is 1370. The second-order valence-corrected chi connectivity index (χ2v) is 11.9. The van der Waals surface area contributed by atoms with E-state index in [0.717, 1.165) is 5.69 Å². The Hall–Kier alpha value is -3.27. The number of carbonyl (C=O) groups excluding carboxylic acids is 3. The summed E-state index contributed by atoms with van der Waals surface area (Å²) in [4.78, 5) is 42.7. The molecule has 3 heterocycles. The van der Waals surface area contributed by atoms with Gasteiger partial charge in [0.15, 0.2) is 5.75 Å². The third-order valence-electron chi connectivity index (χ3n) is 7.87. The minimum atomic E-state index is -1.78. The third kappa shape index (κ3) is 4.15. The van der Waals surface area contributed by atoms with Crippen LogP contribution in [0.2, 0.25) is 5.02 Å². The van der Waals surface area contributed by atoms with Crippen LogP contribution in [0.1, 0.15) is 78.6 Å². The normalized spacial score (nSPS) is 23.0. The molecule has 0 bridgehead atoms. The van der Waals surface area contributed by atoms with Crippen molar-refractivity contribution in [1.82, 2.24) is 14.7 Å². The summed E-state index contributed by atoms with van der Waals surface area (Å²) in [5, 5.41) is 4.81. The standard InChI is InChI=1S/C28H34ClN3O7/c1-14-12-16-19(22(31(5)30-16)15-8-10-32(11-9-15)26(35)39-27(2,3)4)24(33)28(14)25(34)20-17(36-6)13-18(37-7)21(29)23(20)38-28/h13-15H,8-12H2,1-7H3/t14-,28+/m1/s1. The minimum absolute atomic E-state index is 0.0311. The molecule has 0 unspecified atom stereocenters. The maximum atomic E-state index is 14.4. The molecular weight excluding hydrogens is 526 g/mol. The summed E-state index contributed by atoms with van der Waals surface area (Å²) in [5.41, 5.74) is -0.389. The van der Waals surface area contributed by atoms with E-state index in [1.54, 1.807) is 9.58 Å². The Morgan fingerprint density at radius 2 is 1.72 bits per heavy atom. The summed E-state index contributed by atoms with van der Waals surface area (Å²) in [7, 11) is 4.71. The Balaban J connectivity index is 1.49. The number of aryl methyl sites for hydroxylation is 1. The number of amides is 1. The molecule has 1 fully saturated rings. The van der Waals surface area contributed by atoms with Crippen molar-refractivity contribution in [1.29, 1.82) is 0 Å². The van der Waals surface area contributed by atoms with Crippen LogP contribution in [0.15, 0.2) is 6.07 Å². The van der Waals surface area contributed by atoms with Crippen LogP contribution in [0.5, 0.6) is 17.2 Å². The van der Waals surface area contributed by atoms with Crippen LogP contribution in [0.4, 0.5) is 4.79 Å². The summed E-state index contributed by atoms with van der Waals surface area (Å²) in [6.07, 6.45) is 1.29. The largest absolute Gasteiger partial charge is 0.496 e. The number of carbonyl (C=O) groups is 3. The van der Waals surface area contributed by atoms with E-state index >= 15 is 0 Å². The topological polar surface area (TPSA) is 109 Å². The van der Waals surface area contributed by atoms with Gasteiger partial charge in [0.05, 0.1) is 31.2 Å². The lowest BCUT2D eigenvalue weighted by atomic mass is 9.70. The number of aromatic nitrogens is 2. The van der Waals surface area contributed by atoms with E-state index in [9.17, 15) is 14.4 Å². The number of methoxy groups -OCH3 is 2. The van der Waals surface area contributed by atoms with Gasteiger partial charge in [0.2, 0.25) is 17.2 Å². The number of Topliss-reactive ketones (excluding diaryl/α,β-unsaturated/α-hetero) is 2. The molecule has 1 aromatic carbocycles. The highest BCUT2D eigenvalue weighted by Gasteiger charge is 2.63. The molecule has 0 radical (unpaired) electrons. The van der Waals surface area contributed by atoms with Crippen LogP contribution < -0.4 is 14.2 Å². The number of likely N-dealkylation sites (tertiary alicyclic amines) is 1. The summed E-state index contributed by atoms with van der Waals surface area (Å²) in [5.74, 6) is -0.814. The third-order valence-corrected chi connectivity index (χ3v) is 8.23. The first-order valence-corrected chi connectivity index (χ1v) is 13.5. The fourth-order valence-corrected chi connectivity index (χ4v) is 6.30. The van der Waals surface area contributed by atoms with Gasteiger partial charge in [0, 0.05) is 38.0 Å². The second-order valence-electron chi connectivity index (χ2n) is 11.5. The maximum Gasteiger partial charge on any atom is 0.410 e. The number of halogens is 1. The highest BCUT2D eigenvalue weighted by atomic mass is 35.5. The minimum Gasteiger partial charge on any atom is -0.496 e. The number of ether oxygens (including phenoxy) is 4. The van der Waals surface area contributed by atoms with Crippen molar-refractivity contribution in [3.63, 3.8) is 0 Å². The van der Waals surface area contributed by atoms with Gasteiger partial charge in [-0.1, -0.05) is 18.5 Å². The number of benzene rings is 1. The predicted molar refractivity (Wildman–Crippen MR) is 142 cm³/mol. The predicted octanol–water partition coefficient (Wildman–Crippen LogP) is 4.59. The van der Waals surface area contributed by atoms with Crippen molar-refractivity contribution < 1.29 is 33.3 Å². The van der Waals surface area contributed by atoms with Crippen LogP contribution in [0.25, 0.3) is 0 Å². The van der Waals surface area contributed by atoms with E-state index in [2.05, 4.69) is 0 Å². The van der Waals surface area contributed by atoms with Crippen LogP contribution in [-0.4, -0.2) is 70.9 Å². The van der Waals surface area contributed by atoms with Crippen LogP contribution >= 0.6 is 11.6 Å². The smallest absolute Gasteiger partial charge is 0.410 e. The molecule has 0 saturated carbocycles. The monoisotopic (exact) mass is 559 g/mol. The fourth-order valence-electron chi connectivity index (χ4n) is 6.03. The van der Waals surface area contributed by atoms with Gasteiger partial charge >= 0.3 is 6.09 Å². The van der Waals surface area contributed by atoms with Gasteiger partial charge in [-0.15, -0.1) is 0 Å². The van der Waals surface area contributed by atoms with E-state index < -0.39 is 28.7 Å². The van der Waals surface area contributed by atoms with Crippen molar-refractivity contribution >= 4 is 29.3 Å². The lowest BCUT2D eigenvalue weighted by Gasteiger charge is -2.37. The van der Waals surface area contributed by atoms with Crippen LogP contribution in [-0.2, 0) is 18.2 Å². The Labute approximate surface area is 232 Å². The molecule has 1 aliphatic carbocycles. The van der Waals surface area contributed by atoms with Crippen molar-refractivity contribution in [3.8, 4) is 17.2 Å². The number of nitrogens with zero attached hydrogens (tertiary/aromatic N) is 3. The summed E-state index contributed by atoms with van der Waals surface area (Å²) in [6, 6.07) is 1.53. The first kappa shape index (κ1) is 27.3. The van der Waals surface area contributed by atoms with E-state index in [4.69, 9.17) is 35.6 Å². The van der Waals surface area contributed by atoms with E-state index in [0.29, 0.717) is 43.6 Å². The SMILES string of the molecule is COc1cc(OC)c2c(c1Cl)O[C@]1(C2=O)C(=O)c2c(nn(C)c2C2CCN(C(=O)OC(C)(C)C)CC2)C[C@H]1C. The van der Waals surface area contributed by atoms with Gasteiger partial charge in [-0.2, -0.15) is 5.10 Å². The Kier molecular flexibility index (Phi) is 6.60. The molecule has 11 heteroatoms. The first-order valence-electron chi connectivity index (χ1n) is 13.1. The molecule has 3 aliphatic rings. The second kappa shape index (κ2) is 9.43. The quantitative estimate of drug-likeness (QED) is 0.502. The number of hydrogen-bond acceptors (Lipinski definition) is 8. The molecule has 10 nitrogen and oxygen atoms in total. The number of rotatable bonds is 3. The van der Waals surface area contributed by atoms with Gasteiger partial charge in [-0.3, -0.25) is 14.3 Å². The number of fused-ring (bicyclic) bond motifs is 2. The molecule has 39 heavy (non-hydrogen) atoms. The molecule has 2 aliphatic heterocycles. The summed E-state index contributed by atoms with van der Waals surface area (Å²) < 4.78 is 24.4. The van der Waals surface area contributed by atoms with Crippen LogP contribution in [0, 0.1) is 5.92 Å². The van der Waals surface area contributed by atoms with E-state index in [-0.39, 0.29) is 39.8 Å². The summed E-state index contributed by atoms with van der Waals surface area (Å²) >= 11 is 6.56. The molecule has 0 N–H and O–H groups in total. The van der Waals surface area contributed by atoms with Gasteiger partial charge < -0.3 is 23.8 Å². The number of hydrogen-bond donors (Lipinski definition) is 0. The molecule has 1 aromatic heterocycles. The van der Waals surface area contributed by atoms with Crippen molar-refractivity contribution in [2.75, 3.05) is 27.3 Å². The first-order chi connectivity index (χ1) is 18.3. The Morgan fingerprint density at radius 3 is 2.31 bits per heavy atom. The van der Waals surface area contributed by atoms with Crippen LogP contribution in [0.3, 0.4) is 0 Å². The fraction of sp³-hybridized carbons (Fsp3) is 0.571. The van der Waals surface area contributed by atoms with Crippen molar-refractivity contribution in [2.24, 2.45) is 13.0 Å². The highest BCUT2D eigenvalue weighted by molar-refractivity contribution is 6.36. The molecule has 2 atom stereocenters. The molecule has 1 saturated heterocycles. The van der Waals surface area contributed by atoms with Gasteiger partial charge in [-0.25, -0.2) is 4.79 Å². The molecule has 210 valence electrons. The van der Waals surface area contributed by atoms with E-state index in [1.165, 1.54) is 20.3 Å². The lowest BCUT2D eigenvalue weighted by Crippen LogP contribution is -2.56. The molecule has 1 amide bonds. The maximum absolute atomic E-state index is 14.4. The van der Waals surface area contributed by atoms with Gasteiger partial charge in [0.1, 0.15) is 27.7 Å². The van der Waals surface area contributed by atoms with E-state index in [1.807, 2.05) is 34.7 Å². The highest BCUT2D eigenvalue weighted by Crippen LogP contribution is 2.54. The zero-order valence-electron chi connectivity index (χ0n) is 23.3. The lowest BCUT2D eigenvalue weighted by molar-refractivity contribution is 0.0197. The Morgan fingerprint density at radius 1 is 1.10 bits per heavy atom. The van der Waals surface area contributed by atoms with Gasteiger partial charge in [-0.05, 0) is 40.0 Å². The van der Waals surface area contributed by atoms with Crippen molar-refractivity contribution in [3.05, 3.63) is 33.6 Å². The number of piperidine rings is 1. The zero-order valence-corrected chi connectivity index (χ0v) is 24.1. The molecule has 1 spiro atoms. The average Bonchev–Trinajstić information content (AvgIpc) is 3.37. The molecular formula is C28H34ClN3O7. The van der Waals surface area contributed by atoms with Gasteiger partial charge in [0.25, 0.3) is 0 Å². The van der Waals surface area contributed by atoms with Crippen molar-refractivity contribution in [2.45, 2.75) is 64.1 Å².